The summed E-state index contributed by atoms with van der Waals surface area (Å²) in [6, 6.07) is 7.94. The molecule has 1 aromatic carbocycles. The molecule has 1 aliphatic heterocycles. The van der Waals surface area contributed by atoms with Crippen LogP contribution in [-0.2, 0) is 0 Å². The SMILES string of the molecule is O=c1c(Cl)c2[se]c3ncccc3nc-2c2c([N+](=O)[O-])cccc12. The van der Waals surface area contributed by atoms with E-state index in [1.807, 2.05) is 0 Å². The fraction of sp³-hybridized carbons (Fsp3) is 0. The van der Waals surface area contributed by atoms with E-state index in [-0.39, 0.29) is 36.0 Å². The zero-order valence-electron chi connectivity index (χ0n) is 11.3. The molecule has 0 saturated heterocycles. The van der Waals surface area contributed by atoms with Crippen molar-refractivity contribution in [3.63, 3.8) is 0 Å². The van der Waals surface area contributed by atoms with Crippen molar-refractivity contribution in [2.24, 2.45) is 0 Å². The second kappa shape index (κ2) is 5.09. The maximum absolute atomic E-state index is 12.5. The van der Waals surface area contributed by atoms with E-state index in [1.54, 1.807) is 18.3 Å². The topological polar surface area (TPSA) is 86.0 Å². The van der Waals surface area contributed by atoms with Crippen LogP contribution < -0.4 is 5.43 Å². The van der Waals surface area contributed by atoms with Crippen molar-refractivity contribution in [3.05, 3.63) is 61.9 Å². The molecule has 1 aromatic heterocycles. The van der Waals surface area contributed by atoms with E-state index in [2.05, 4.69) is 9.97 Å². The Morgan fingerprint density at radius 2 is 2.04 bits per heavy atom. The van der Waals surface area contributed by atoms with Crippen molar-refractivity contribution in [1.82, 2.24) is 9.97 Å². The van der Waals surface area contributed by atoms with Crippen LogP contribution in [0.4, 0.5) is 5.69 Å². The molecule has 0 saturated carbocycles. The number of hydrogen-bond donors (Lipinski definition) is 0. The number of halogens is 1. The van der Waals surface area contributed by atoms with Gasteiger partial charge in [0, 0.05) is 0 Å². The van der Waals surface area contributed by atoms with Crippen LogP contribution in [0.3, 0.4) is 0 Å². The Labute approximate surface area is 139 Å². The molecular weight excluding hydrogens is 385 g/mol. The van der Waals surface area contributed by atoms with Crippen molar-refractivity contribution in [1.29, 1.82) is 0 Å². The van der Waals surface area contributed by atoms with E-state index in [9.17, 15) is 14.9 Å². The van der Waals surface area contributed by atoms with E-state index in [0.717, 1.165) is 4.39 Å². The Balaban J connectivity index is 2.35. The quantitative estimate of drug-likeness (QED) is 0.164. The zero-order valence-corrected chi connectivity index (χ0v) is 13.8. The second-order valence-electron chi connectivity index (χ2n) is 4.82. The molecule has 23 heavy (non-hydrogen) atoms. The molecule has 112 valence electrons. The Bertz CT molecular complexity index is 1140. The van der Waals surface area contributed by atoms with Crippen molar-refractivity contribution in [3.8, 4) is 10.1 Å². The molecule has 0 atom stereocenters. The number of aromatic nitrogens is 2. The number of non-ortho nitro benzene ring substituents is 1. The normalized spacial score (nSPS) is 11.3. The van der Waals surface area contributed by atoms with Crippen LogP contribution in [0.25, 0.3) is 30.8 Å². The monoisotopic (exact) mass is 391 g/mol. The minimum absolute atomic E-state index is 0.0769. The number of rotatable bonds is 1. The number of nitro benzene ring substituents is 1. The Morgan fingerprint density at radius 3 is 2.83 bits per heavy atom. The third kappa shape index (κ3) is 2.05. The number of hydrogen-bond acceptors (Lipinski definition) is 5. The molecule has 0 unspecified atom stereocenters. The molecule has 0 fully saturated rings. The molecule has 1 aliphatic carbocycles. The van der Waals surface area contributed by atoms with Crippen molar-refractivity contribution in [2.45, 2.75) is 0 Å². The van der Waals surface area contributed by atoms with E-state index < -0.39 is 10.4 Å². The van der Waals surface area contributed by atoms with Gasteiger partial charge in [0.2, 0.25) is 0 Å². The molecule has 0 spiro atoms. The number of pyridine rings is 1. The zero-order chi connectivity index (χ0) is 16.1. The van der Waals surface area contributed by atoms with Gasteiger partial charge in [-0.2, -0.15) is 0 Å². The molecule has 8 heteroatoms. The van der Waals surface area contributed by atoms with E-state index in [1.165, 1.54) is 18.2 Å². The van der Waals surface area contributed by atoms with Gasteiger partial charge in [0.15, 0.2) is 0 Å². The van der Waals surface area contributed by atoms with Crippen LogP contribution in [-0.4, -0.2) is 29.4 Å². The van der Waals surface area contributed by atoms with E-state index in [4.69, 9.17) is 11.6 Å². The van der Waals surface area contributed by atoms with Crippen molar-refractivity contribution < 1.29 is 4.92 Å². The molecule has 0 bridgehead atoms. The summed E-state index contributed by atoms with van der Waals surface area (Å²) in [6.45, 7) is 0. The Hall–Kier alpha value is -2.34. The van der Waals surface area contributed by atoms with Gasteiger partial charge in [-0.05, 0) is 0 Å². The summed E-state index contributed by atoms with van der Waals surface area (Å²) >= 11 is 5.90. The Kier molecular flexibility index (Phi) is 3.16. The minimum atomic E-state index is -0.503. The van der Waals surface area contributed by atoms with Gasteiger partial charge < -0.3 is 0 Å². The third-order valence-electron chi connectivity index (χ3n) is 3.52. The fourth-order valence-corrected chi connectivity index (χ4v) is 4.92. The van der Waals surface area contributed by atoms with Crippen LogP contribution in [0.15, 0.2) is 41.3 Å². The van der Waals surface area contributed by atoms with Gasteiger partial charge in [0.05, 0.1) is 0 Å². The van der Waals surface area contributed by atoms with Crippen LogP contribution in [0.2, 0.25) is 5.02 Å². The van der Waals surface area contributed by atoms with Gasteiger partial charge in [-0.25, -0.2) is 0 Å². The molecule has 4 rings (SSSR count). The van der Waals surface area contributed by atoms with Crippen LogP contribution >= 0.6 is 11.6 Å². The molecule has 0 N–H and O–H groups in total. The number of nitrogens with zero attached hydrogens (tertiary/aromatic N) is 3. The standard InChI is InChI=1S/C15H6ClN3O3Se/c16-11-13(20)7-3-1-5-9(19(21)22)10(7)12-14(11)23-15-8(18-12)4-2-6-17-15/h1-6H. The van der Waals surface area contributed by atoms with E-state index in [0.29, 0.717) is 15.6 Å². The van der Waals surface area contributed by atoms with Crippen LogP contribution in [0.1, 0.15) is 0 Å². The maximum atomic E-state index is 12.5. The molecular formula is C15H6ClN3O3Se. The van der Waals surface area contributed by atoms with Gasteiger partial charge in [0.25, 0.3) is 0 Å². The predicted molar refractivity (Wildman–Crippen MR) is 88.5 cm³/mol. The first-order valence-electron chi connectivity index (χ1n) is 6.52. The van der Waals surface area contributed by atoms with Crippen molar-refractivity contribution >= 4 is 52.5 Å². The summed E-state index contributed by atoms with van der Waals surface area (Å²) in [4.78, 5) is 32.1. The summed E-state index contributed by atoms with van der Waals surface area (Å²) < 4.78 is 1.31. The molecule has 2 aliphatic rings. The molecule has 0 amide bonds. The third-order valence-corrected chi connectivity index (χ3v) is 6.46. The Morgan fingerprint density at radius 1 is 1.22 bits per heavy atom. The van der Waals surface area contributed by atoms with Gasteiger partial charge in [-0.3, -0.25) is 0 Å². The number of benzene rings is 2. The van der Waals surface area contributed by atoms with Gasteiger partial charge >= 0.3 is 139 Å². The van der Waals surface area contributed by atoms with Crippen molar-refractivity contribution in [2.75, 3.05) is 0 Å². The first kappa shape index (κ1) is 14.3. The average molecular weight is 391 g/mol. The molecule has 2 heterocycles. The summed E-state index contributed by atoms with van der Waals surface area (Å²) in [6.07, 6.45) is 1.65. The molecule has 0 radical (unpaired) electrons. The second-order valence-corrected chi connectivity index (χ2v) is 7.29. The summed E-state index contributed by atoms with van der Waals surface area (Å²) in [5, 5.41) is 11.9. The summed E-state index contributed by atoms with van der Waals surface area (Å²) in [5.74, 6) is 0. The number of nitro groups is 1. The fourth-order valence-electron chi connectivity index (χ4n) is 2.53. The van der Waals surface area contributed by atoms with Gasteiger partial charge in [-0.1, -0.05) is 0 Å². The summed E-state index contributed by atoms with van der Waals surface area (Å²) in [5.41, 5.74) is 0.534. The number of fused-ring (bicyclic) bond motifs is 4. The van der Waals surface area contributed by atoms with Gasteiger partial charge in [-0.15, -0.1) is 0 Å². The van der Waals surface area contributed by atoms with Crippen LogP contribution in [0, 0.1) is 10.1 Å². The first-order chi connectivity index (χ1) is 11.1. The molecule has 2 aromatic rings. The van der Waals surface area contributed by atoms with E-state index >= 15 is 0 Å². The average Bonchev–Trinajstić information content (AvgIpc) is 2.57. The van der Waals surface area contributed by atoms with Gasteiger partial charge in [0.1, 0.15) is 0 Å². The van der Waals surface area contributed by atoms with Crippen LogP contribution in [0.5, 0.6) is 0 Å². The predicted octanol–water partition coefficient (Wildman–Crippen LogP) is 2.87. The summed E-state index contributed by atoms with van der Waals surface area (Å²) in [7, 11) is 0. The first-order valence-corrected chi connectivity index (χ1v) is 8.61. The molecule has 6 nitrogen and oxygen atoms in total.